The highest BCUT2D eigenvalue weighted by Gasteiger charge is 2.20. The summed E-state index contributed by atoms with van der Waals surface area (Å²) in [4.78, 5) is 12.5. The van der Waals surface area contributed by atoms with Gasteiger partial charge in [-0.3, -0.25) is 4.79 Å². The maximum absolute atomic E-state index is 11.0. The van der Waals surface area contributed by atoms with E-state index in [9.17, 15) is 4.79 Å². The summed E-state index contributed by atoms with van der Waals surface area (Å²) in [5.74, 6) is -0.385. The van der Waals surface area contributed by atoms with Crippen molar-refractivity contribution in [2.24, 2.45) is 5.73 Å². The number of fused-ring (bicyclic) bond motifs is 1. The van der Waals surface area contributed by atoms with E-state index in [1.165, 1.54) is 23.3 Å². The number of hydrogen-bond donors (Lipinski definition) is 2. The van der Waals surface area contributed by atoms with Crippen molar-refractivity contribution in [3.05, 3.63) is 51.7 Å². The van der Waals surface area contributed by atoms with Gasteiger partial charge in [-0.25, -0.2) is 0 Å². The molecule has 19 heavy (non-hydrogen) atoms. The van der Waals surface area contributed by atoms with Gasteiger partial charge in [0.15, 0.2) is 0 Å². The third kappa shape index (κ3) is 2.49. The van der Waals surface area contributed by atoms with Gasteiger partial charge in [-0.15, -0.1) is 11.3 Å². The lowest BCUT2D eigenvalue weighted by Gasteiger charge is -2.24. The normalized spacial score (nSPS) is 17.8. The zero-order valence-electron chi connectivity index (χ0n) is 10.6. The van der Waals surface area contributed by atoms with E-state index in [4.69, 9.17) is 5.73 Å². The fraction of sp³-hybridized carbons (Fsp3) is 0.267. The van der Waals surface area contributed by atoms with Crippen molar-refractivity contribution in [1.29, 1.82) is 0 Å². The minimum absolute atomic E-state index is 0.384. The molecule has 2 aromatic rings. The molecular weight excluding hydrogens is 256 g/mol. The van der Waals surface area contributed by atoms with Gasteiger partial charge in [0.05, 0.1) is 6.04 Å². The van der Waals surface area contributed by atoms with Crippen LogP contribution in [0.15, 0.2) is 35.7 Å². The Kier molecular flexibility index (Phi) is 3.25. The van der Waals surface area contributed by atoms with Crippen LogP contribution in [0.5, 0.6) is 0 Å². The number of benzene rings is 1. The van der Waals surface area contributed by atoms with E-state index in [-0.39, 0.29) is 5.91 Å². The number of aryl methyl sites for hydroxylation is 1. The van der Waals surface area contributed by atoms with Crippen LogP contribution >= 0.6 is 11.3 Å². The summed E-state index contributed by atoms with van der Waals surface area (Å²) in [6.07, 6.45) is 3.58. The first-order valence-corrected chi connectivity index (χ1v) is 7.34. The topological polar surface area (TPSA) is 55.1 Å². The fourth-order valence-corrected chi connectivity index (χ4v) is 3.56. The number of nitrogens with one attached hydrogen (secondary N) is 1. The molecule has 1 aliphatic carbocycles. The molecule has 0 radical (unpaired) electrons. The third-order valence-electron chi connectivity index (χ3n) is 3.56. The van der Waals surface area contributed by atoms with E-state index in [1.54, 1.807) is 12.1 Å². The van der Waals surface area contributed by atoms with Crippen molar-refractivity contribution in [1.82, 2.24) is 0 Å². The molecular formula is C15H16N2OS. The van der Waals surface area contributed by atoms with Crippen LogP contribution < -0.4 is 11.1 Å². The Morgan fingerprint density at radius 2 is 2.05 bits per heavy atom. The first-order chi connectivity index (χ1) is 9.24. The summed E-state index contributed by atoms with van der Waals surface area (Å²) in [6.45, 7) is 0. The number of primary amides is 1. The highest BCUT2D eigenvalue weighted by molar-refractivity contribution is 7.10. The molecule has 1 aromatic carbocycles. The third-order valence-corrected chi connectivity index (χ3v) is 4.56. The first-order valence-electron chi connectivity index (χ1n) is 6.47. The van der Waals surface area contributed by atoms with E-state index in [0.29, 0.717) is 11.6 Å². The number of carbonyl (C=O) groups excluding carboxylic acids is 1. The number of anilines is 1. The highest BCUT2D eigenvalue weighted by atomic mass is 32.1. The molecule has 0 fully saturated rings. The van der Waals surface area contributed by atoms with Crippen molar-refractivity contribution in [3.8, 4) is 0 Å². The quantitative estimate of drug-likeness (QED) is 0.900. The molecule has 1 aromatic heterocycles. The first kappa shape index (κ1) is 12.2. The van der Waals surface area contributed by atoms with Crippen LogP contribution in [0.3, 0.4) is 0 Å². The summed E-state index contributed by atoms with van der Waals surface area (Å²) in [6, 6.07) is 9.97. The van der Waals surface area contributed by atoms with Gasteiger partial charge in [-0.1, -0.05) is 0 Å². The second kappa shape index (κ2) is 5.05. The lowest BCUT2D eigenvalue weighted by Crippen LogP contribution is -2.16. The smallest absolute Gasteiger partial charge is 0.248 e. The van der Waals surface area contributed by atoms with E-state index in [1.807, 2.05) is 23.5 Å². The minimum atomic E-state index is -0.385. The van der Waals surface area contributed by atoms with E-state index < -0.39 is 0 Å². The van der Waals surface area contributed by atoms with Crippen molar-refractivity contribution in [2.45, 2.75) is 25.3 Å². The van der Waals surface area contributed by atoms with Crippen LogP contribution in [0.1, 0.15) is 39.7 Å². The lowest BCUT2D eigenvalue weighted by molar-refractivity contribution is 0.100. The summed E-state index contributed by atoms with van der Waals surface area (Å²) >= 11 is 1.84. The lowest BCUT2D eigenvalue weighted by atomic mass is 9.94. The van der Waals surface area contributed by atoms with Gasteiger partial charge in [0.25, 0.3) is 0 Å². The maximum atomic E-state index is 11.0. The Morgan fingerprint density at radius 1 is 1.26 bits per heavy atom. The summed E-state index contributed by atoms with van der Waals surface area (Å²) in [7, 11) is 0. The van der Waals surface area contributed by atoms with E-state index >= 15 is 0 Å². The molecule has 1 unspecified atom stereocenters. The van der Waals surface area contributed by atoms with Crippen LogP contribution in [-0.2, 0) is 6.42 Å². The Balaban J connectivity index is 1.78. The van der Waals surface area contributed by atoms with Crippen LogP contribution in [0, 0.1) is 0 Å². The van der Waals surface area contributed by atoms with Crippen LogP contribution in [0.4, 0.5) is 5.69 Å². The summed E-state index contributed by atoms with van der Waals surface area (Å²) < 4.78 is 0. The average Bonchev–Trinajstić information content (AvgIpc) is 2.89. The predicted molar refractivity (Wildman–Crippen MR) is 78.6 cm³/mol. The van der Waals surface area contributed by atoms with Gasteiger partial charge in [-0.05, 0) is 60.5 Å². The molecule has 1 heterocycles. The average molecular weight is 272 g/mol. The highest BCUT2D eigenvalue weighted by Crippen LogP contribution is 2.35. The molecule has 0 saturated heterocycles. The molecule has 3 nitrogen and oxygen atoms in total. The Bertz CT molecular complexity index is 588. The van der Waals surface area contributed by atoms with Gasteiger partial charge in [0.2, 0.25) is 5.91 Å². The Labute approximate surface area is 116 Å². The van der Waals surface area contributed by atoms with Gasteiger partial charge in [0.1, 0.15) is 0 Å². The van der Waals surface area contributed by atoms with Crippen LogP contribution in [0.25, 0.3) is 0 Å². The van der Waals surface area contributed by atoms with Crippen LogP contribution in [-0.4, -0.2) is 5.91 Å². The summed E-state index contributed by atoms with van der Waals surface area (Å²) in [5, 5.41) is 5.71. The van der Waals surface area contributed by atoms with Gasteiger partial charge in [-0.2, -0.15) is 0 Å². The van der Waals surface area contributed by atoms with Crippen molar-refractivity contribution >= 4 is 22.9 Å². The van der Waals surface area contributed by atoms with Gasteiger partial charge >= 0.3 is 0 Å². The van der Waals surface area contributed by atoms with Crippen molar-refractivity contribution < 1.29 is 4.79 Å². The van der Waals surface area contributed by atoms with Crippen LogP contribution in [0.2, 0.25) is 0 Å². The van der Waals surface area contributed by atoms with E-state index in [0.717, 1.165) is 12.1 Å². The van der Waals surface area contributed by atoms with Gasteiger partial charge < -0.3 is 11.1 Å². The predicted octanol–water partition coefficient (Wildman–Crippen LogP) is 3.34. The molecule has 0 aliphatic heterocycles. The molecule has 3 rings (SSSR count). The zero-order chi connectivity index (χ0) is 13.2. The largest absolute Gasteiger partial charge is 0.378 e. The molecule has 98 valence electrons. The minimum Gasteiger partial charge on any atom is -0.378 e. The number of amides is 1. The molecule has 0 saturated carbocycles. The van der Waals surface area contributed by atoms with E-state index in [2.05, 4.69) is 16.8 Å². The number of carbonyl (C=O) groups is 1. The second-order valence-corrected chi connectivity index (χ2v) is 5.83. The standard InChI is InChI=1S/C15H16N2OS/c16-15(18)10-4-6-11(7-5-10)17-13-2-1-3-14-12(13)8-9-19-14/h4-9,13,17H,1-3H2,(H2,16,18). The van der Waals surface area contributed by atoms with Crippen molar-refractivity contribution in [3.63, 3.8) is 0 Å². The molecule has 4 heteroatoms. The zero-order valence-corrected chi connectivity index (χ0v) is 11.4. The van der Waals surface area contributed by atoms with Crippen molar-refractivity contribution in [2.75, 3.05) is 5.32 Å². The number of nitrogens with two attached hydrogens (primary N) is 1. The number of hydrogen-bond acceptors (Lipinski definition) is 3. The summed E-state index contributed by atoms with van der Waals surface area (Å²) in [5.41, 5.74) is 8.25. The number of rotatable bonds is 3. The molecule has 1 atom stereocenters. The van der Waals surface area contributed by atoms with Gasteiger partial charge in [0, 0.05) is 16.1 Å². The Hall–Kier alpha value is -1.81. The SMILES string of the molecule is NC(=O)c1ccc(NC2CCCc3sccc32)cc1. The molecule has 1 aliphatic rings. The fourth-order valence-electron chi connectivity index (χ4n) is 2.57. The molecule has 0 spiro atoms. The number of thiophene rings is 1. The Morgan fingerprint density at radius 3 is 2.79 bits per heavy atom. The second-order valence-electron chi connectivity index (χ2n) is 4.83. The molecule has 0 bridgehead atoms. The maximum Gasteiger partial charge on any atom is 0.248 e. The molecule has 3 N–H and O–H groups in total. The molecule has 1 amide bonds. The monoisotopic (exact) mass is 272 g/mol.